The lowest BCUT2D eigenvalue weighted by Crippen LogP contribution is -2.49. The van der Waals surface area contributed by atoms with E-state index in [9.17, 15) is 0 Å². The Morgan fingerprint density at radius 1 is 0.917 bits per heavy atom. The van der Waals surface area contributed by atoms with E-state index in [0.29, 0.717) is 5.54 Å². The van der Waals surface area contributed by atoms with Crippen LogP contribution < -0.4 is 0 Å². The lowest BCUT2D eigenvalue weighted by Gasteiger charge is -2.45. The number of rotatable bonds is 5. The fourth-order valence-electron chi connectivity index (χ4n) is 4.81. The second-order valence-electron chi connectivity index (χ2n) is 9.44. The molecule has 1 aliphatic heterocycles. The summed E-state index contributed by atoms with van der Waals surface area (Å²) in [5.74, 6) is 2.75. The Hall–Kier alpha value is -0.300. The second-order valence-corrected chi connectivity index (χ2v) is 9.44. The summed E-state index contributed by atoms with van der Waals surface area (Å²) in [6.45, 7) is 12.1. The first-order valence-corrected chi connectivity index (χ1v) is 10.9. The van der Waals surface area contributed by atoms with Crippen LogP contribution in [0.25, 0.3) is 0 Å². The summed E-state index contributed by atoms with van der Waals surface area (Å²) in [6, 6.07) is 0. The Kier molecular flexibility index (Phi) is 8.34. The minimum atomic E-state index is 0.344. The first-order valence-electron chi connectivity index (χ1n) is 10.9. The molecule has 1 nitrogen and oxygen atoms in total. The van der Waals surface area contributed by atoms with Crippen molar-refractivity contribution in [1.82, 2.24) is 4.90 Å². The van der Waals surface area contributed by atoms with Crippen molar-refractivity contribution in [3.8, 4) is 0 Å². The summed E-state index contributed by atoms with van der Waals surface area (Å²) in [7, 11) is 0. The molecule has 2 atom stereocenters. The normalized spacial score (nSPS) is 28.8. The van der Waals surface area contributed by atoms with Gasteiger partial charge in [-0.1, -0.05) is 57.6 Å². The van der Waals surface area contributed by atoms with E-state index in [4.69, 9.17) is 0 Å². The van der Waals surface area contributed by atoms with Crippen molar-refractivity contribution in [3.63, 3.8) is 0 Å². The molecular weight excluding hydrogens is 290 g/mol. The van der Waals surface area contributed by atoms with E-state index in [1.807, 2.05) is 0 Å². The third kappa shape index (κ3) is 6.54. The molecule has 2 rings (SSSR count). The minimum Gasteiger partial charge on any atom is -0.298 e. The van der Waals surface area contributed by atoms with E-state index in [2.05, 4.69) is 44.7 Å². The molecule has 0 spiro atoms. The zero-order chi connectivity index (χ0) is 17.4. The maximum atomic E-state index is 2.71. The van der Waals surface area contributed by atoms with E-state index < -0.39 is 0 Å². The molecule has 0 radical (unpaired) electrons. The van der Waals surface area contributed by atoms with Gasteiger partial charge in [0.2, 0.25) is 0 Å². The Labute approximate surface area is 152 Å². The Bertz CT molecular complexity index is 357. The van der Waals surface area contributed by atoms with Crippen molar-refractivity contribution >= 4 is 0 Å². The van der Waals surface area contributed by atoms with Gasteiger partial charge in [0, 0.05) is 12.1 Å². The van der Waals surface area contributed by atoms with E-state index in [-0.39, 0.29) is 0 Å². The summed E-state index contributed by atoms with van der Waals surface area (Å²) in [4.78, 5) is 2.71. The Morgan fingerprint density at radius 3 is 2.21 bits per heavy atom. The van der Waals surface area contributed by atoms with Crippen LogP contribution in [-0.4, -0.2) is 23.5 Å². The van der Waals surface area contributed by atoms with Gasteiger partial charge in [0.05, 0.1) is 0 Å². The van der Waals surface area contributed by atoms with Crippen LogP contribution in [0.15, 0.2) is 12.2 Å². The first kappa shape index (κ1) is 20.0. The molecule has 0 aromatic rings. The Balaban J connectivity index is 1.73. The van der Waals surface area contributed by atoms with Crippen molar-refractivity contribution in [2.24, 2.45) is 17.8 Å². The van der Waals surface area contributed by atoms with Crippen LogP contribution in [0, 0.1) is 17.8 Å². The third-order valence-corrected chi connectivity index (χ3v) is 6.63. The van der Waals surface area contributed by atoms with Gasteiger partial charge < -0.3 is 0 Å². The molecule has 0 aromatic carbocycles. The van der Waals surface area contributed by atoms with Crippen molar-refractivity contribution in [3.05, 3.63) is 12.2 Å². The second kappa shape index (κ2) is 10.00. The number of allylic oxidation sites excluding steroid dienone is 2. The van der Waals surface area contributed by atoms with Crippen LogP contribution in [-0.2, 0) is 0 Å². The number of likely N-dealkylation sites (tertiary alicyclic amines) is 1. The summed E-state index contributed by atoms with van der Waals surface area (Å²) in [5, 5.41) is 0. The van der Waals surface area contributed by atoms with Gasteiger partial charge >= 0.3 is 0 Å². The summed E-state index contributed by atoms with van der Waals surface area (Å²) < 4.78 is 0. The molecule has 2 fully saturated rings. The maximum absolute atomic E-state index is 2.71. The van der Waals surface area contributed by atoms with Crippen LogP contribution in [0.1, 0.15) is 98.3 Å². The predicted molar refractivity (Wildman–Crippen MR) is 107 cm³/mol. The van der Waals surface area contributed by atoms with E-state index >= 15 is 0 Å². The van der Waals surface area contributed by atoms with Gasteiger partial charge in [0.15, 0.2) is 0 Å². The summed E-state index contributed by atoms with van der Waals surface area (Å²) in [5.41, 5.74) is 0.344. The van der Waals surface area contributed by atoms with Gasteiger partial charge in [-0.05, 0) is 77.2 Å². The average Bonchev–Trinajstić information content (AvgIpc) is 2.52. The van der Waals surface area contributed by atoms with Gasteiger partial charge in [-0.25, -0.2) is 0 Å². The smallest absolute Gasteiger partial charge is 0.0125 e. The van der Waals surface area contributed by atoms with Crippen molar-refractivity contribution in [2.75, 3.05) is 13.1 Å². The average molecular weight is 334 g/mol. The predicted octanol–water partition coefficient (Wildman–Crippen LogP) is 6.83. The van der Waals surface area contributed by atoms with E-state index in [1.165, 1.54) is 83.7 Å². The molecule has 1 saturated heterocycles. The van der Waals surface area contributed by atoms with Gasteiger partial charge in [-0.2, -0.15) is 0 Å². The number of piperidine rings is 1. The SMILES string of the molecule is CCC1CN(C(C)(C)C)CCC1CC/C=C/C1CCCCCCC1. The van der Waals surface area contributed by atoms with Crippen LogP contribution in [0.2, 0.25) is 0 Å². The molecule has 0 aromatic heterocycles. The van der Waals surface area contributed by atoms with Gasteiger partial charge in [-0.3, -0.25) is 4.90 Å². The molecule has 0 bridgehead atoms. The molecule has 24 heavy (non-hydrogen) atoms. The van der Waals surface area contributed by atoms with Gasteiger partial charge in [0.1, 0.15) is 0 Å². The van der Waals surface area contributed by atoms with Crippen LogP contribution in [0.4, 0.5) is 0 Å². The summed E-state index contributed by atoms with van der Waals surface area (Å²) in [6.07, 6.45) is 20.8. The molecule has 2 unspecified atom stereocenters. The van der Waals surface area contributed by atoms with E-state index in [0.717, 1.165) is 17.8 Å². The first-order chi connectivity index (χ1) is 11.5. The van der Waals surface area contributed by atoms with Crippen LogP contribution in [0.5, 0.6) is 0 Å². The zero-order valence-electron chi connectivity index (χ0n) is 17.0. The molecule has 0 amide bonds. The maximum Gasteiger partial charge on any atom is 0.0125 e. The number of nitrogens with zero attached hydrogens (tertiary/aromatic N) is 1. The van der Waals surface area contributed by atoms with Crippen LogP contribution >= 0.6 is 0 Å². The molecule has 1 aliphatic carbocycles. The largest absolute Gasteiger partial charge is 0.298 e. The van der Waals surface area contributed by atoms with Crippen molar-refractivity contribution in [2.45, 2.75) is 104 Å². The van der Waals surface area contributed by atoms with Crippen molar-refractivity contribution in [1.29, 1.82) is 0 Å². The molecule has 0 N–H and O–H groups in total. The highest BCUT2D eigenvalue weighted by molar-refractivity contribution is 4.91. The molecule has 1 heterocycles. The van der Waals surface area contributed by atoms with Gasteiger partial charge in [-0.15, -0.1) is 0 Å². The lowest BCUT2D eigenvalue weighted by atomic mass is 9.79. The minimum absolute atomic E-state index is 0.344. The fourth-order valence-corrected chi connectivity index (χ4v) is 4.81. The fraction of sp³-hybridized carbons (Fsp3) is 0.913. The highest BCUT2D eigenvalue weighted by Crippen LogP contribution is 2.33. The Morgan fingerprint density at radius 2 is 1.58 bits per heavy atom. The van der Waals surface area contributed by atoms with Crippen LogP contribution in [0.3, 0.4) is 0 Å². The molecule has 140 valence electrons. The number of hydrogen-bond acceptors (Lipinski definition) is 1. The monoisotopic (exact) mass is 333 g/mol. The number of hydrogen-bond donors (Lipinski definition) is 0. The quantitative estimate of drug-likeness (QED) is 0.498. The molecule has 1 saturated carbocycles. The topological polar surface area (TPSA) is 3.24 Å². The standard InChI is InChI=1S/C23H43N/c1-5-21-19-24(23(2,3)4)18-17-22(21)16-12-11-15-20-13-9-7-6-8-10-14-20/h11,15,20-22H,5-10,12-14,16-19H2,1-4H3/b15-11+. The third-order valence-electron chi connectivity index (χ3n) is 6.63. The van der Waals surface area contributed by atoms with Crippen molar-refractivity contribution < 1.29 is 0 Å². The summed E-state index contributed by atoms with van der Waals surface area (Å²) >= 11 is 0. The highest BCUT2D eigenvalue weighted by atomic mass is 15.2. The highest BCUT2D eigenvalue weighted by Gasteiger charge is 2.32. The molecule has 1 heteroatoms. The lowest BCUT2D eigenvalue weighted by molar-refractivity contribution is 0.0426. The molecular formula is C23H43N. The zero-order valence-corrected chi connectivity index (χ0v) is 17.0. The van der Waals surface area contributed by atoms with E-state index in [1.54, 1.807) is 0 Å². The molecule has 2 aliphatic rings. The van der Waals surface area contributed by atoms with Gasteiger partial charge in [0.25, 0.3) is 0 Å².